The molecule has 5 atom stereocenters. The maximum Gasteiger partial charge on any atom is 0.352 e. The van der Waals surface area contributed by atoms with E-state index in [2.05, 4.69) is 10.0 Å². The molecule has 0 aromatic carbocycles. The minimum Gasteiger partial charge on any atom is -0.477 e. The first kappa shape index (κ1) is 16.8. The maximum atomic E-state index is 12.3. The van der Waals surface area contributed by atoms with Crippen molar-refractivity contribution in [2.24, 2.45) is 17.0 Å². The number of carboxylic acid groups (broad SMARTS) is 1. The number of nitrogens with zero attached hydrogens (tertiary/aromatic N) is 4. The van der Waals surface area contributed by atoms with Crippen LogP contribution in [0.5, 0.6) is 0 Å². The quantitative estimate of drug-likeness (QED) is 0.245. The number of carbonyl (C=O) groups excluding carboxylic acids is 1. The topological polar surface area (TPSA) is 136 Å². The SMILES string of the molecule is C[C@@H](O)[C@H]1C(=O)N2C(C(=O)O)=C3[C@@H](OCCN=[N+]=[N-])CCC[C@@H]3[C@H]12. The van der Waals surface area contributed by atoms with Crippen LogP contribution in [0.4, 0.5) is 0 Å². The maximum absolute atomic E-state index is 12.3. The van der Waals surface area contributed by atoms with Gasteiger partial charge in [-0.15, -0.1) is 0 Å². The van der Waals surface area contributed by atoms with Crippen LogP contribution in [-0.4, -0.2) is 58.4 Å². The summed E-state index contributed by atoms with van der Waals surface area (Å²) in [4.78, 5) is 28.1. The minimum absolute atomic E-state index is 0.0142. The highest BCUT2D eigenvalue weighted by Gasteiger charge is 2.62. The van der Waals surface area contributed by atoms with Crippen LogP contribution in [0.2, 0.25) is 0 Å². The van der Waals surface area contributed by atoms with Gasteiger partial charge in [0.05, 0.1) is 30.8 Å². The molecule has 3 rings (SSSR count). The first-order chi connectivity index (χ1) is 11.5. The molecular formula is C15H20N4O5. The summed E-state index contributed by atoms with van der Waals surface area (Å²) >= 11 is 0. The summed E-state index contributed by atoms with van der Waals surface area (Å²) in [6.07, 6.45) is 1.11. The number of rotatable bonds is 6. The number of hydrogen-bond acceptors (Lipinski definition) is 5. The van der Waals surface area contributed by atoms with Gasteiger partial charge in [-0.3, -0.25) is 4.79 Å². The van der Waals surface area contributed by atoms with E-state index in [9.17, 15) is 19.8 Å². The zero-order valence-electron chi connectivity index (χ0n) is 13.3. The summed E-state index contributed by atoms with van der Waals surface area (Å²) in [5.41, 5.74) is 8.97. The van der Waals surface area contributed by atoms with Gasteiger partial charge in [-0.2, -0.15) is 0 Å². The fraction of sp³-hybridized carbons (Fsp3) is 0.733. The van der Waals surface area contributed by atoms with E-state index < -0.39 is 24.1 Å². The first-order valence-corrected chi connectivity index (χ1v) is 8.10. The molecule has 9 heteroatoms. The van der Waals surface area contributed by atoms with E-state index in [1.165, 1.54) is 4.90 Å². The van der Waals surface area contributed by atoms with Crippen molar-refractivity contribution < 1.29 is 24.5 Å². The predicted octanol–water partition coefficient (Wildman–Crippen LogP) is 1.04. The third-order valence-corrected chi connectivity index (χ3v) is 5.14. The predicted molar refractivity (Wildman–Crippen MR) is 81.6 cm³/mol. The van der Waals surface area contributed by atoms with Crippen LogP contribution >= 0.6 is 0 Å². The molecule has 0 bridgehead atoms. The first-order valence-electron chi connectivity index (χ1n) is 8.10. The highest BCUT2D eigenvalue weighted by Crippen LogP contribution is 2.52. The van der Waals surface area contributed by atoms with Crippen LogP contribution in [0.3, 0.4) is 0 Å². The second kappa shape index (κ2) is 6.43. The molecular weight excluding hydrogens is 316 g/mol. The molecule has 0 unspecified atom stereocenters. The zero-order valence-corrected chi connectivity index (χ0v) is 13.3. The number of carbonyl (C=O) groups is 2. The summed E-state index contributed by atoms with van der Waals surface area (Å²) in [6.45, 7) is 1.95. The highest BCUT2D eigenvalue weighted by molar-refractivity contribution is 6.00. The Morgan fingerprint density at radius 3 is 2.92 bits per heavy atom. The molecule has 2 fully saturated rings. The summed E-state index contributed by atoms with van der Waals surface area (Å²) in [5.74, 6) is -2.11. The normalized spacial score (nSPS) is 32.6. The minimum atomic E-state index is -1.14. The Morgan fingerprint density at radius 2 is 2.29 bits per heavy atom. The molecule has 2 N–H and O–H groups in total. The number of β-lactam (4-membered cyclic amide) rings is 1. The Bertz CT molecular complexity index is 640. The molecule has 130 valence electrons. The van der Waals surface area contributed by atoms with E-state index in [0.29, 0.717) is 12.0 Å². The average Bonchev–Trinajstić information content (AvgIpc) is 2.82. The molecule has 1 saturated carbocycles. The fourth-order valence-corrected chi connectivity index (χ4v) is 4.29. The molecule has 9 nitrogen and oxygen atoms in total. The van der Waals surface area contributed by atoms with Gasteiger partial charge in [0.25, 0.3) is 0 Å². The third-order valence-electron chi connectivity index (χ3n) is 5.14. The van der Waals surface area contributed by atoms with Gasteiger partial charge in [0.2, 0.25) is 5.91 Å². The molecule has 3 aliphatic rings. The van der Waals surface area contributed by atoms with Gasteiger partial charge in [-0.25, -0.2) is 4.79 Å². The van der Waals surface area contributed by atoms with Crippen molar-refractivity contribution in [2.45, 2.75) is 44.4 Å². The summed E-state index contributed by atoms with van der Waals surface area (Å²) in [5, 5.41) is 22.9. The van der Waals surface area contributed by atoms with Crippen LogP contribution in [-0.2, 0) is 14.3 Å². The molecule has 2 aliphatic heterocycles. The molecule has 1 saturated heterocycles. The lowest BCUT2D eigenvalue weighted by Gasteiger charge is -2.47. The van der Waals surface area contributed by atoms with E-state index in [1.807, 2.05) is 0 Å². The van der Waals surface area contributed by atoms with Crippen LogP contribution in [0, 0.1) is 11.8 Å². The van der Waals surface area contributed by atoms with Crippen molar-refractivity contribution in [1.82, 2.24) is 4.90 Å². The zero-order chi connectivity index (χ0) is 17.4. The number of aliphatic hydroxyl groups is 1. The fourth-order valence-electron chi connectivity index (χ4n) is 4.29. The van der Waals surface area contributed by atoms with Crippen LogP contribution in [0.25, 0.3) is 10.4 Å². The lowest BCUT2D eigenvalue weighted by Crippen LogP contribution is -2.64. The van der Waals surface area contributed by atoms with Gasteiger partial charge in [0, 0.05) is 17.4 Å². The van der Waals surface area contributed by atoms with E-state index in [0.717, 1.165) is 12.8 Å². The van der Waals surface area contributed by atoms with Gasteiger partial charge < -0.3 is 19.8 Å². The van der Waals surface area contributed by atoms with Crippen molar-refractivity contribution in [2.75, 3.05) is 13.2 Å². The van der Waals surface area contributed by atoms with E-state index >= 15 is 0 Å². The molecule has 0 aromatic rings. The van der Waals surface area contributed by atoms with Gasteiger partial charge in [0.1, 0.15) is 5.70 Å². The second-order valence-corrected chi connectivity index (χ2v) is 6.43. The standard InChI is InChI=1S/C15H20N4O5/c1-7(20)10-12-8-3-2-4-9(24-6-5-17-18-16)11(8)13(15(22)23)19(12)14(10)21/h7-10,12,20H,2-6H2,1H3,(H,22,23)/t7-,8+,9+,10-,12-/m1/s1. The van der Waals surface area contributed by atoms with Gasteiger partial charge in [0.15, 0.2) is 0 Å². The molecule has 0 spiro atoms. The summed E-state index contributed by atoms with van der Waals surface area (Å²) in [6, 6.07) is -0.290. The lowest BCUT2D eigenvalue weighted by molar-refractivity contribution is -0.163. The second-order valence-electron chi connectivity index (χ2n) is 6.43. The Hall–Kier alpha value is -2.09. The highest BCUT2D eigenvalue weighted by atomic mass is 16.5. The number of hydrogen-bond donors (Lipinski definition) is 2. The van der Waals surface area contributed by atoms with Crippen molar-refractivity contribution in [3.05, 3.63) is 21.7 Å². The number of carboxylic acids is 1. The molecule has 1 aliphatic carbocycles. The van der Waals surface area contributed by atoms with Crippen LogP contribution in [0.1, 0.15) is 26.2 Å². The third kappa shape index (κ3) is 2.45. The van der Waals surface area contributed by atoms with Crippen molar-refractivity contribution in [3.63, 3.8) is 0 Å². The molecule has 0 radical (unpaired) electrons. The monoisotopic (exact) mass is 336 g/mol. The van der Waals surface area contributed by atoms with Crippen molar-refractivity contribution in [1.29, 1.82) is 0 Å². The number of azide groups is 1. The van der Waals surface area contributed by atoms with Gasteiger partial charge in [-0.1, -0.05) is 5.11 Å². The number of fused-ring (bicyclic) bond motifs is 3. The number of amides is 1. The Morgan fingerprint density at radius 1 is 1.54 bits per heavy atom. The Kier molecular flexibility index (Phi) is 4.49. The van der Waals surface area contributed by atoms with E-state index in [-0.39, 0.29) is 36.7 Å². The largest absolute Gasteiger partial charge is 0.477 e. The average molecular weight is 336 g/mol. The van der Waals surface area contributed by atoms with Gasteiger partial charge >= 0.3 is 5.97 Å². The molecule has 0 aromatic heterocycles. The van der Waals surface area contributed by atoms with E-state index in [4.69, 9.17) is 10.3 Å². The van der Waals surface area contributed by atoms with Crippen LogP contribution in [0.15, 0.2) is 16.4 Å². The number of ether oxygens (including phenoxy) is 1. The van der Waals surface area contributed by atoms with Crippen molar-refractivity contribution >= 4 is 11.9 Å². The summed E-state index contributed by atoms with van der Waals surface area (Å²) in [7, 11) is 0. The number of aliphatic hydroxyl groups excluding tert-OH is 1. The van der Waals surface area contributed by atoms with E-state index in [1.54, 1.807) is 6.92 Å². The Labute approximate surface area is 138 Å². The lowest BCUT2D eigenvalue weighted by atomic mass is 9.71. The van der Waals surface area contributed by atoms with Gasteiger partial charge in [-0.05, 0) is 37.3 Å². The molecule has 24 heavy (non-hydrogen) atoms. The van der Waals surface area contributed by atoms with Crippen molar-refractivity contribution in [3.8, 4) is 0 Å². The summed E-state index contributed by atoms with van der Waals surface area (Å²) < 4.78 is 5.75. The van der Waals surface area contributed by atoms with Crippen LogP contribution < -0.4 is 0 Å². The molecule has 1 amide bonds. The number of aliphatic carboxylic acids is 1. The smallest absolute Gasteiger partial charge is 0.352 e. The molecule has 2 heterocycles. The Balaban J connectivity index is 1.88.